The maximum Gasteiger partial charge on any atom is 0.345 e. The van der Waals surface area contributed by atoms with Gasteiger partial charge in [0.1, 0.15) is 0 Å². The van der Waals surface area contributed by atoms with E-state index in [-0.39, 0.29) is 43.1 Å². The van der Waals surface area contributed by atoms with Crippen LogP contribution < -0.4 is 10.2 Å². The van der Waals surface area contributed by atoms with Gasteiger partial charge in [-0.05, 0) is 24.3 Å². The molecule has 0 bridgehead atoms. The van der Waals surface area contributed by atoms with Gasteiger partial charge < -0.3 is 9.15 Å². The van der Waals surface area contributed by atoms with Gasteiger partial charge in [0.2, 0.25) is 11.2 Å². The zero-order chi connectivity index (χ0) is 20.5. The van der Waals surface area contributed by atoms with Crippen molar-refractivity contribution in [2.24, 2.45) is 0 Å². The smallest absolute Gasteiger partial charge is 0.345 e. The first-order valence-electron chi connectivity index (χ1n) is 8.43. The average molecular weight is 446 g/mol. The van der Waals surface area contributed by atoms with Gasteiger partial charge in [-0.3, -0.25) is 4.79 Å². The van der Waals surface area contributed by atoms with Gasteiger partial charge in [-0.15, -0.1) is 0 Å². The number of halogens is 3. The van der Waals surface area contributed by atoms with E-state index in [9.17, 15) is 9.59 Å². The minimum Gasteiger partial charge on any atom is -0.450 e. The fraction of sp³-hybridized carbons (Fsp3) is 0. The van der Waals surface area contributed by atoms with Gasteiger partial charge in [-0.25, -0.2) is 4.79 Å². The van der Waals surface area contributed by atoms with Crippen LogP contribution in [-0.4, -0.2) is 5.97 Å². The third-order valence-electron chi connectivity index (χ3n) is 4.19. The summed E-state index contributed by atoms with van der Waals surface area (Å²) in [6.07, 6.45) is 0. The van der Waals surface area contributed by atoms with E-state index in [4.69, 9.17) is 44.0 Å². The molecular weight excluding hydrogens is 435 g/mol. The van der Waals surface area contributed by atoms with Crippen LogP contribution in [0.5, 0.6) is 5.75 Å². The highest BCUT2D eigenvalue weighted by Gasteiger charge is 2.23. The highest BCUT2D eigenvalue weighted by Crippen LogP contribution is 2.35. The molecule has 0 saturated carbocycles. The van der Waals surface area contributed by atoms with Crippen LogP contribution in [0.15, 0.2) is 75.9 Å². The number of fused-ring (bicyclic) bond motifs is 1. The lowest BCUT2D eigenvalue weighted by atomic mass is 10.1. The molecule has 4 nitrogen and oxygen atoms in total. The third-order valence-corrected chi connectivity index (χ3v) is 5.02. The topological polar surface area (TPSA) is 56.5 Å². The van der Waals surface area contributed by atoms with E-state index in [1.165, 1.54) is 18.2 Å². The number of ether oxygens (including phenoxy) is 1. The summed E-state index contributed by atoms with van der Waals surface area (Å²) in [6, 6.07) is 18.1. The van der Waals surface area contributed by atoms with E-state index in [1.54, 1.807) is 42.5 Å². The molecule has 7 heteroatoms. The molecule has 4 rings (SSSR count). The van der Waals surface area contributed by atoms with Crippen LogP contribution in [-0.2, 0) is 0 Å². The summed E-state index contributed by atoms with van der Waals surface area (Å²) in [5.74, 6) is -0.979. The first-order chi connectivity index (χ1) is 14.0. The van der Waals surface area contributed by atoms with Gasteiger partial charge in [0.05, 0.1) is 21.0 Å². The molecule has 29 heavy (non-hydrogen) atoms. The van der Waals surface area contributed by atoms with Crippen LogP contribution in [0.25, 0.3) is 22.3 Å². The monoisotopic (exact) mass is 444 g/mol. The van der Waals surface area contributed by atoms with Crippen molar-refractivity contribution in [3.8, 4) is 17.1 Å². The van der Waals surface area contributed by atoms with Gasteiger partial charge in [-0.2, -0.15) is 0 Å². The van der Waals surface area contributed by atoms with Crippen molar-refractivity contribution in [1.29, 1.82) is 0 Å². The molecular formula is C22H11Cl3O4. The Hall–Kier alpha value is -2.79. The molecule has 3 aromatic carbocycles. The lowest BCUT2D eigenvalue weighted by Crippen LogP contribution is -2.16. The molecule has 1 aromatic heterocycles. The van der Waals surface area contributed by atoms with Crippen molar-refractivity contribution in [2.45, 2.75) is 0 Å². The van der Waals surface area contributed by atoms with E-state index in [1.807, 2.05) is 6.07 Å². The Morgan fingerprint density at radius 2 is 1.55 bits per heavy atom. The predicted octanol–water partition coefficient (Wildman–Crippen LogP) is 6.64. The molecule has 0 unspecified atom stereocenters. The summed E-state index contributed by atoms with van der Waals surface area (Å²) in [4.78, 5) is 25.9. The molecule has 0 saturated heterocycles. The largest absolute Gasteiger partial charge is 0.450 e. The first-order valence-corrected chi connectivity index (χ1v) is 9.57. The summed E-state index contributed by atoms with van der Waals surface area (Å²) in [7, 11) is 0. The number of carbonyl (C=O) groups is 1. The van der Waals surface area contributed by atoms with Gasteiger partial charge in [0.15, 0.2) is 11.3 Å². The maximum atomic E-state index is 13.2. The van der Waals surface area contributed by atoms with E-state index in [0.29, 0.717) is 5.56 Å². The van der Waals surface area contributed by atoms with Crippen molar-refractivity contribution < 1.29 is 13.9 Å². The number of hydrogen-bond donors (Lipinski definition) is 0. The highest BCUT2D eigenvalue weighted by molar-refractivity contribution is 6.38. The van der Waals surface area contributed by atoms with E-state index in [0.717, 1.165) is 0 Å². The minimum absolute atomic E-state index is 0.0766. The zero-order valence-corrected chi connectivity index (χ0v) is 16.9. The summed E-state index contributed by atoms with van der Waals surface area (Å²) >= 11 is 18.3. The molecule has 4 aromatic rings. The molecule has 0 atom stereocenters. The van der Waals surface area contributed by atoms with Crippen LogP contribution in [0.1, 0.15) is 10.4 Å². The average Bonchev–Trinajstić information content (AvgIpc) is 2.71. The Balaban J connectivity index is 1.96. The Labute approximate surface area is 180 Å². The SMILES string of the molecule is O=C(Oc1c(-c2ccccc2)oc2c(Cl)cc(Cl)cc2c1=O)c1ccccc1Cl. The number of carbonyl (C=O) groups excluding carboxylic acids is 1. The standard InChI is InChI=1S/C22H11Cl3O4/c23-13-10-15-18(26)21(29-22(27)14-8-4-5-9-16(14)24)19(12-6-2-1-3-7-12)28-20(15)17(25)11-13/h1-11H. The van der Waals surface area contributed by atoms with Crippen LogP contribution in [0, 0.1) is 0 Å². The molecule has 0 spiro atoms. The second-order valence-corrected chi connectivity index (χ2v) is 7.34. The zero-order valence-electron chi connectivity index (χ0n) is 14.6. The lowest BCUT2D eigenvalue weighted by molar-refractivity contribution is 0.0731. The number of rotatable bonds is 3. The molecule has 0 aliphatic heterocycles. The molecule has 144 valence electrons. The second kappa shape index (κ2) is 7.91. The Bertz CT molecular complexity index is 1300. The maximum absolute atomic E-state index is 13.2. The van der Waals surface area contributed by atoms with Gasteiger partial charge >= 0.3 is 5.97 Å². The number of hydrogen-bond acceptors (Lipinski definition) is 4. The van der Waals surface area contributed by atoms with Crippen molar-refractivity contribution in [2.75, 3.05) is 0 Å². The van der Waals surface area contributed by atoms with Crippen molar-refractivity contribution in [1.82, 2.24) is 0 Å². The molecule has 0 radical (unpaired) electrons. The molecule has 0 amide bonds. The van der Waals surface area contributed by atoms with Gasteiger partial charge in [0.25, 0.3) is 0 Å². The summed E-state index contributed by atoms with van der Waals surface area (Å²) in [6.45, 7) is 0. The Kier molecular flexibility index (Phi) is 5.33. The molecule has 0 fully saturated rings. The van der Waals surface area contributed by atoms with Crippen LogP contribution in [0.3, 0.4) is 0 Å². The minimum atomic E-state index is -0.785. The lowest BCUT2D eigenvalue weighted by Gasteiger charge is -2.12. The van der Waals surface area contributed by atoms with Gasteiger partial charge in [-0.1, -0.05) is 77.3 Å². The summed E-state index contributed by atoms with van der Waals surface area (Å²) in [5, 5.41) is 0.732. The normalized spacial score (nSPS) is 10.9. The quantitative estimate of drug-likeness (QED) is 0.332. The van der Waals surface area contributed by atoms with Crippen LogP contribution in [0.4, 0.5) is 0 Å². The van der Waals surface area contributed by atoms with E-state index < -0.39 is 11.4 Å². The summed E-state index contributed by atoms with van der Waals surface area (Å²) in [5.41, 5.74) is 0.239. The van der Waals surface area contributed by atoms with Crippen molar-refractivity contribution in [3.05, 3.63) is 97.6 Å². The second-order valence-electron chi connectivity index (χ2n) is 6.09. The third kappa shape index (κ3) is 3.75. The first kappa shape index (κ1) is 19.5. The Morgan fingerprint density at radius 1 is 0.862 bits per heavy atom. The van der Waals surface area contributed by atoms with Crippen LogP contribution in [0.2, 0.25) is 15.1 Å². The molecule has 0 aliphatic carbocycles. The van der Waals surface area contributed by atoms with Crippen molar-refractivity contribution in [3.63, 3.8) is 0 Å². The van der Waals surface area contributed by atoms with E-state index in [2.05, 4.69) is 0 Å². The van der Waals surface area contributed by atoms with E-state index >= 15 is 0 Å². The van der Waals surface area contributed by atoms with Crippen LogP contribution >= 0.6 is 34.8 Å². The Morgan fingerprint density at radius 3 is 2.28 bits per heavy atom. The highest BCUT2D eigenvalue weighted by atomic mass is 35.5. The van der Waals surface area contributed by atoms with Gasteiger partial charge in [0, 0.05) is 10.6 Å². The fourth-order valence-electron chi connectivity index (χ4n) is 2.85. The number of esters is 1. The summed E-state index contributed by atoms with van der Waals surface area (Å²) < 4.78 is 11.4. The molecule has 1 heterocycles. The fourth-order valence-corrected chi connectivity index (χ4v) is 3.60. The predicted molar refractivity (Wildman–Crippen MR) is 114 cm³/mol. The molecule has 0 aliphatic rings. The van der Waals surface area contributed by atoms with Crippen molar-refractivity contribution >= 4 is 51.7 Å². The molecule has 0 N–H and O–H groups in total. The number of benzene rings is 3.